The second-order valence-corrected chi connectivity index (χ2v) is 5.41. The van der Waals surface area contributed by atoms with Gasteiger partial charge in [0.05, 0.1) is 12.5 Å². The zero-order valence-electron chi connectivity index (χ0n) is 13.4. The molecule has 3 aromatic rings. The van der Waals surface area contributed by atoms with Gasteiger partial charge in [-0.1, -0.05) is 18.2 Å². The van der Waals surface area contributed by atoms with Gasteiger partial charge in [0.1, 0.15) is 23.7 Å². The minimum Gasteiger partial charge on any atom is -0.497 e. The third-order valence-corrected chi connectivity index (χ3v) is 3.99. The van der Waals surface area contributed by atoms with Gasteiger partial charge in [-0.2, -0.15) is 0 Å². The molecule has 0 aliphatic carbocycles. The summed E-state index contributed by atoms with van der Waals surface area (Å²) in [5, 5.41) is 0.845. The van der Waals surface area contributed by atoms with Crippen molar-refractivity contribution in [3.63, 3.8) is 0 Å². The molecule has 0 radical (unpaired) electrons. The normalized spacial score (nSPS) is 10.7. The maximum atomic E-state index is 11.8. The van der Waals surface area contributed by atoms with Crippen LogP contribution in [-0.4, -0.2) is 7.11 Å². The highest BCUT2D eigenvalue weighted by atomic mass is 16.5. The van der Waals surface area contributed by atoms with E-state index >= 15 is 0 Å². The summed E-state index contributed by atoms with van der Waals surface area (Å²) < 4.78 is 16.4. The molecule has 0 fully saturated rings. The predicted molar refractivity (Wildman–Crippen MR) is 89.3 cm³/mol. The van der Waals surface area contributed by atoms with Crippen LogP contribution in [-0.2, 0) is 6.61 Å². The lowest BCUT2D eigenvalue weighted by Gasteiger charge is -2.12. The minimum atomic E-state index is -0.303. The van der Waals surface area contributed by atoms with Crippen molar-refractivity contribution in [2.24, 2.45) is 0 Å². The SMILES string of the molecule is COc1ccc(COc2cccc3oc(=O)c(C)c(C)c23)cc1. The average Bonchev–Trinajstić information content (AvgIpc) is 2.58. The molecule has 0 spiro atoms. The molecule has 0 amide bonds. The average molecular weight is 310 g/mol. The van der Waals surface area contributed by atoms with Gasteiger partial charge in [-0.15, -0.1) is 0 Å². The van der Waals surface area contributed by atoms with Crippen LogP contribution < -0.4 is 15.1 Å². The molecule has 4 heteroatoms. The van der Waals surface area contributed by atoms with E-state index in [-0.39, 0.29) is 5.63 Å². The Morgan fingerprint density at radius 3 is 2.43 bits per heavy atom. The maximum absolute atomic E-state index is 11.8. The number of aryl methyl sites for hydroxylation is 1. The molecule has 23 heavy (non-hydrogen) atoms. The fourth-order valence-corrected chi connectivity index (χ4v) is 2.49. The Bertz CT molecular complexity index is 892. The molecule has 0 atom stereocenters. The van der Waals surface area contributed by atoms with Crippen molar-refractivity contribution in [1.29, 1.82) is 0 Å². The van der Waals surface area contributed by atoms with E-state index in [1.165, 1.54) is 0 Å². The van der Waals surface area contributed by atoms with E-state index in [0.29, 0.717) is 23.5 Å². The molecule has 1 heterocycles. The van der Waals surface area contributed by atoms with Gasteiger partial charge >= 0.3 is 5.63 Å². The van der Waals surface area contributed by atoms with Crippen LogP contribution in [0.2, 0.25) is 0 Å². The van der Waals surface area contributed by atoms with Gasteiger partial charge in [0.15, 0.2) is 0 Å². The van der Waals surface area contributed by atoms with Gasteiger partial charge in [-0.3, -0.25) is 0 Å². The van der Waals surface area contributed by atoms with E-state index in [1.807, 2.05) is 43.3 Å². The van der Waals surface area contributed by atoms with Crippen molar-refractivity contribution in [3.8, 4) is 11.5 Å². The van der Waals surface area contributed by atoms with Crippen LogP contribution in [0, 0.1) is 13.8 Å². The van der Waals surface area contributed by atoms with E-state index in [9.17, 15) is 4.79 Å². The molecule has 0 bridgehead atoms. The molecular weight excluding hydrogens is 292 g/mol. The summed E-state index contributed by atoms with van der Waals surface area (Å²) in [5.41, 5.74) is 2.78. The number of fused-ring (bicyclic) bond motifs is 1. The highest BCUT2D eigenvalue weighted by Gasteiger charge is 2.12. The van der Waals surface area contributed by atoms with Gasteiger partial charge in [-0.25, -0.2) is 4.79 Å². The Labute approximate surface area is 134 Å². The summed E-state index contributed by atoms with van der Waals surface area (Å²) in [7, 11) is 1.64. The lowest BCUT2D eigenvalue weighted by atomic mass is 10.1. The minimum absolute atomic E-state index is 0.303. The van der Waals surface area contributed by atoms with Crippen molar-refractivity contribution in [3.05, 3.63) is 69.6 Å². The van der Waals surface area contributed by atoms with E-state index < -0.39 is 0 Å². The molecular formula is C19H18O4. The number of methoxy groups -OCH3 is 1. The van der Waals surface area contributed by atoms with Crippen molar-refractivity contribution < 1.29 is 13.9 Å². The van der Waals surface area contributed by atoms with Gasteiger partial charge in [0, 0.05) is 5.56 Å². The van der Waals surface area contributed by atoms with Gasteiger partial charge in [0.2, 0.25) is 0 Å². The van der Waals surface area contributed by atoms with Crippen LogP contribution in [0.5, 0.6) is 11.5 Å². The third kappa shape index (κ3) is 2.93. The topological polar surface area (TPSA) is 48.7 Å². The monoisotopic (exact) mass is 310 g/mol. The number of hydrogen-bond acceptors (Lipinski definition) is 4. The first-order valence-electron chi connectivity index (χ1n) is 7.39. The molecule has 0 aliphatic rings. The quantitative estimate of drug-likeness (QED) is 0.683. The van der Waals surface area contributed by atoms with Crippen LogP contribution in [0.3, 0.4) is 0 Å². The lowest BCUT2D eigenvalue weighted by Crippen LogP contribution is -2.06. The Kier molecular flexibility index (Phi) is 4.06. The smallest absolute Gasteiger partial charge is 0.339 e. The Morgan fingerprint density at radius 1 is 1.00 bits per heavy atom. The van der Waals surface area contributed by atoms with Crippen LogP contribution in [0.25, 0.3) is 11.0 Å². The first kappa shape index (κ1) is 15.2. The van der Waals surface area contributed by atoms with E-state index in [0.717, 1.165) is 22.3 Å². The molecule has 0 N–H and O–H groups in total. The third-order valence-electron chi connectivity index (χ3n) is 3.99. The predicted octanol–water partition coefficient (Wildman–Crippen LogP) is 4.00. The maximum Gasteiger partial charge on any atom is 0.339 e. The largest absolute Gasteiger partial charge is 0.497 e. The molecule has 2 aromatic carbocycles. The zero-order chi connectivity index (χ0) is 16.4. The van der Waals surface area contributed by atoms with Gasteiger partial charge in [0.25, 0.3) is 0 Å². The summed E-state index contributed by atoms with van der Waals surface area (Å²) >= 11 is 0. The fourth-order valence-electron chi connectivity index (χ4n) is 2.49. The molecule has 0 saturated heterocycles. The fraction of sp³-hybridized carbons (Fsp3) is 0.211. The van der Waals surface area contributed by atoms with Crippen LogP contribution in [0.15, 0.2) is 51.7 Å². The molecule has 0 unspecified atom stereocenters. The van der Waals surface area contributed by atoms with Gasteiger partial charge < -0.3 is 13.9 Å². The van der Waals surface area contributed by atoms with Crippen molar-refractivity contribution in [2.45, 2.75) is 20.5 Å². The number of benzene rings is 2. The van der Waals surface area contributed by atoms with E-state index in [1.54, 1.807) is 20.1 Å². The molecule has 3 rings (SSSR count). The standard InChI is InChI=1S/C19H18O4/c1-12-13(2)19(20)23-17-6-4-5-16(18(12)17)22-11-14-7-9-15(21-3)10-8-14/h4-10H,11H2,1-3H3. The molecule has 118 valence electrons. The van der Waals surface area contributed by atoms with E-state index in [4.69, 9.17) is 13.9 Å². The number of rotatable bonds is 4. The highest BCUT2D eigenvalue weighted by Crippen LogP contribution is 2.29. The molecule has 1 aromatic heterocycles. The van der Waals surface area contributed by atoms with Crippen molar-refractivity contribution in [2.75, 3.05) is 7.11 Å². The Hall–Kier alpha value is -2.75. The highest BCUT2D eigenvalue weighted by molar-refractivity contribution is 5.87. The van der Waals surface area contributed by atoms with Crippen LogP contribution in [0.4, 0.5) is 0 Å². The second kappa shape index (κ2) is 6.16. The van der Waals surface area contributed by atoms with Gasteiger partial charge in [-0.05, 0) is 49.2 Å². The lowest BCUT2D eigenvalue weighted by molar-refractivity contribution is 0.309. The first-order valence-corrected chi connectivity index (χ1v) is 7.39. The summed E-state index contributed by atoms with van der Waals surface area (Å²) in [6, 6.07) is 13.2. The Balaban J connectivity index is 1.93. The summed E-state index contributed by atoms with van der Waals surface area (Å²) in [5.74, 6) is 1.52. The van der Waals surface area contributed by atoms with Crippen LogP contribution >= 0.6 is 0 Å². The number of ether oxygens (including phenoxy) is 2. The van der Waals surface area contributed by atoms with Crippen molar-refractivity contribution in [1.82, 2.24) is 0 Å². The second-order valence-electron chi connectivity index (χ2n) is 5.41. The molecule has 4 nitrogen and oxygen atoms in total. The summed E-state index contributed by atoms with van der Waals surface area (Å²) in [6.07, 6.45) is 0. The Morgan fingerprint density at radius 2 is 1.74 bits per heavy atom. The summed E-state index contributed by atoms with van der Waals surface area (Å²) in [4.78, 5) is 11.8. The van der Waals surface area contributed by atoms with Crippen molar-refractivity contribution >= 4 is 11.0 Å². The molecule has 0 aliphatic heterocycles. The van der Waals surface area contributed by atoms with Crippen LogP contribution in [0.1, 0.15) is 16.7 Å². The zero-order valence-corrected chi connectivity index (χ0v) is 13.4. The first-order chi connectivity index (χ1) is 11.1. The number of hydrogen-bond donors (Lipinski definition) is 0. The van der Waals surface area contributed by atoms with E-state index in [2.05, 4.69) is 0 Å². The molecule has 0 saturated carbocycles. The summed E-state index contributed by atoms with van der Waals surface area (Å²) in [6.45, 7) is 4.11.